The van der Waals surface area contributed by atoms with Crippen LogP contribution in [-0.2, 0) is 0 Å². The quantitative estimate of drug-likeness (QED) is 0.591. The first-order chi connectivity index (χ1) is 5.24. The molecule has 1 unspecified atom stereocenters. The third-order valence-electron chi connectivity index (χ3n) is 1.96. The number of nitrogens with zero attached hydrogens (tertiary/aromatic N) is 2. The van der Waals surface area contributed by atoms with Crippen molar-refractivity contribution in [2.24, 2.45) is 16.9 Å². The summed E-state index contributed by atoms with van der Waals surface area (Å²) in [6, 6.07) is 0. The van der Waals surface area contributed by atoms with Crippen LogP contribution in [0.1, 0.15) is 20.8 Å². The molecule has 0 aromatic heterocycles. The molecule has 0 N–H and O–H groups in total. The molecule has 0 saturated carbocycles. The van der Waals surface area contributed by atoms with E-state index in [2.05, 4.69) is 38.1 Å². The van der Waals surface area contributed by atoms with Crippen LogP contribution in [0, 0.1) is 11.8 Å². The van der Waals surface area contributed by atoms with Crippen molar-refractivity contribution in [1.29, 1.82) is 0 Å². The Morgan fingerprint density at radius 2 is 2.27 bits per heavy atom. The maximum absolute atomic E-state index is 4.27. The first-order valence-corrected chi connectivity index (χ1v) is 4.23. The van der Waals surface area contributed by atoms with Gasteiger partial charge in [0.2, 0.25) is 0 Å². The van der Waals surface area contributed by atoms with E-state index < -0.39 is 0 Å². The Morgan fingerprint density at radius 3 is 2.64 bits per heavy atom. The predicted octanol–water partition coefficient (Wildman–Crippen LogP) is 2.09. The minimum absolute atomic E-state index is 0.526. The molecule has 2 heteroatoms. The van der Waals surface area contributed by atoms with Crippen molar-refractivity contribution >= 4 is 6.21 Å². The lowest BCUT2D eigenvalue weighted by molar-refractivity contribution is 0.402. The Morgan fingerprint density at radius 1 is 1.55 bits per heavy atom. The molecule has 1 heterocycles. The Balaban J connectivity index is 2.50. The molecule has 2 nitrogen and oxygen atoms in total. The van der Waals surface area contributed by atoms with Crippen molar-refractivity contribution in [3.63, 3.8) is 0 Å². The molecule has 0 fully saturated rings. The first kappa shape index (κ1) is 8.31. The average molecular weight is 152 g/mol. The van der Waals surface area contributed by atoms with Crippen molar-refractivity contribution in [2.75, 3.05) is 6.54 Å². The molecule has 0 radical (unpaired) electrons. The monoisotopic (exact) mass is 152 g/mol. The third-order valence-corrected chi connectivity index (χ3v) is 1.96. The Hall–Kier alpha value is -0.790. The maximum Gasteiger partial charge on any atom is 0.0380 e. The molecule has 1 aliphatic heterocycles. The van der Waals surface area contributed by atoms with E-state index in [0.717, 1.165) is 6.54 Å². The fraction of sp³-hybridized carbons (Fsp3) is 0.667. The van der Waals surface area contributed by atoms with Gasteiger partial charge in [0.15, 0.2) is 0 Å². The van der Waals surface area contributed by atoms with Crippen molar-refractivity contribution < 1.29 is 0 Å². The van der Waals surface area contributed by atoms with Crippen LogP contribution in [-0.4, -0.2) is 17.8 Å². The zero-order valence-electron chi connectivity index (χ0n) is 7.49. The van der Waals surface area contributed by atoms with Gasteiger partial charge in [0, 0.05) is 24.9 Å². The first-order valence-electron chi connectivity index (χ1n) is 4.23. The summed E-state index contributed by atoms with van der Waals surface area (Å²) in [4.78, 5) is 0. The van der Waals surface area contributed by atoms with Crippen LogP contribution in [0.15, 0.2) is 17.4 Å². The van der Waals surface area contributed by atoms with E-state index in [1.165, 1.54) is 0 Å². The number of hydrogen-bond donors (Lipinski definition) is 0. The molecule has 1 aliphatic rings. The van der Waals surface area contributed by atoms with Crippen LogP contribution in [0.25, 0.3) is 0 Å². The van der Waals surface area contributed by atoms with Crippen LogP contribution in [0.5, 0.6) is 0 Å². The molecule has 0 spiro atoms. The van der Waals surface area contributed by atoms with Gasteiger partial charge in [-0.25, -0.2) is 0 Å². The molecular weight excluding hydrogens is 136 g/mol. The second-order valence-corrected chi connectivity index (χ2v) is 3.18. The molecule has 11 heavy (non-hydrogen) atoms. The minimum Gasteiger partial charge on any atom is -0.274 e. The lowest BCUT2D eigenvalue weighted by Gasteiger charge is -2.20. The summed E-state index contributed by atoms with van der Waals surface area (Å²) in [5, 5.41) is 6.22. The lowest BCUT2D eigenvalue weighted by Crippen LogP contribution is -2.18. The van der Waals surface area contributed by atoms with Gasteiger partial charge in [0.25, 0.3) is 0 Å². The molecule has 0 aromatic rings. The van der Waals surface area contributed by atoms with E-state index in [4.69, 9.17) is 0 Å². The van der Waals surface area contributed by atoms with Gasteiger partial charge in [-0.15, -0.1) is 0 Å². The highest BCUT2D eigenvalue weighted by atomic mass is 15.4. The smallest absolute Gasteiger partial charge is 0.0380 e. The average Bonchev–Trinajstić information content (AvgIpc) is 2.05. The van der Waals surface area contributed by atoms with Gasteiger partial charge in [0.05, 0.1) is 0 Å². The zero-order chi connectivity index (χ0) is 8.27. The Kier molecular flexibility index (Phi) is 2.69. The molecule has 0 aromatic carbocycles. The van der Waals surface area contributed by atoms with Gasteiger partial charge in [-0.3, -0.25) is 5.01 Å². The SMILES string of the molecule is CCN1C=CC(C(C)C)C=N1. The van der Waals surface area contributed by atoms with Gasteiger partial charge in [-0.1, -0.05) is 19.9 Å². The summed E-state index contributed by atoms with van der Waals surface area (Å²) in [5.74, 6) is 1.19. The van der Waals surface area contributed by atoms with E-state index in [-0.39, 0.29) is 0 Å². The van der Waals surface area contributed by atoms with E-state index >= 15 is 0 Å². The molecular formula is C9H16N2. The molecule has 62 valence electrons. The number of allylic oxidation sites excluding steroid dienone is 1. The fourth-order valence-electron chi connectivity index (χ4n) is 1.03. The summed E-state index contributed by atoms with van der Waals surface area (Å²) in [5.41, 5.74) is 0. The summed E-state index contributed by atoms with van der Waals surface area (Å²) in [7, 11) is 0. The standard InChI is InChI=1S/C9H16N2/c1-4-11-6-5-9(7-10-11)8(2)3/h5-9H,4H2,1-3H3. The molecule has 1 rings (SSSR count). The summed E-state index contributed by atoms with van der Waals surface area (Å²) in [6.45, 7) is 7.47. The van der Waals surface area contributed by atoms with E-state index in [0.29, 0.717) is 11.8 Å². The summed E-state index contributed by atoms with van der Waals surface area (Å²) < 4.78 is 0. The number of hydrogen-bond acceptors (Lipinski definition) is 2. The van der Waals surface area contributed by atoms with Crippen LogP contribution >= 0.6 is 0 Å². The van der Waals surface area contributed by atoms with Gasteiger partial charge in [-0.2, -0.15) is 5.10 Å². The van der Waals surface area contributed by atoms with Gasteiger partial charge >= 0.3 is 0 Å². The summed E-state index contributed by atoms with van der Waals surface area (Å²) >= 11 is 0. The molecule has 0 saturated heterocycles. The van der Waals surface area contributed by atoms with Crippen molar-refractivity contribution in [3.05, 3.63) is 12.3 Å². The van der Waals surface area contributed by atoms with Crippen LogP contribution < -0.4 is 0 Å². The van der Waals surface area contributed by atoms with Crippen LogP contribution in [0.2, 0.25) is 0 Å². The largest absolute Gasteiger partial charge is 0.274 e. The van der Waals surface area contributed by atoms with Crippen LogP contribution in [0.3, 0.4) is 0 Å². The second-order valence-electron chi connectivity index (χ2n) is 3.18. The van der Waals surface area contributed by atoms with Crippen molar-refractivity contribution in [1.82, 2.24) is 5.01 Å². The summed E-state index contributed by atoms with van der Waals surface area (Å²) in [6.07, 6.45) is 6.29. The normalized spacial score (nSPS) is 23.3. The van der Waals surface area contributed by atoms with Gasteiger partial charge < -0.3 is 0 Å². The number of rotatable bonds is 2. The van der Waals surface area contributed by atoms with E-state index in [9.17, 15) is 0 Å². The minimum atomic E-state index is 0.526. The molecule has 0 aliphatic carbocycles. The predicted molar refractivity (Wildman–Crippen MR) is 48.3 cm³/mol. The Bertz CT molecular complexity index is 156. The van der Waals surface area contributed by atoms with Crippen LogP contribution in [0.4, 0.5) is 0 Å². The van der Waals surface area contributed by atoms with Crippen molar-refractivity contribution in [2.45, 2.75) is 20.8 Å². The highest BCUT2D eigenvalue weighted by Crippen LogP contribution is 2.14. The van der Waals surface area contributed by atoms with E-state index in [1.807, 2.05) is 11.2 Å². The molecule has 1 atom stereocenters. The topological polar surface area (TPSA) is 15.6 Å². The number of hydrazone groups is 1. The second kappa shape index (κ2) is 3.56. The molecule has 0 bridgehead atoms. The maximum atomic E-state index is 4.27. The Labute approximate surface area is 68.6 Å². The zero-order valence-corrected chi connectivity index (χ0v) is 7.49. The highest BCUT2D eigenvalue weighted by molar-refractivity contribution is 5.64. The molecule has 0 amide bonds. The third kappa shape index (κ3) is 2.07. The lowest BCUT2D eigenvalue weighted by atomic mass is 9.97. The van der Waals surface area contributed by atoms with Gasteiger partial charge in [0.1, 0.15) is 0 Å². The van der Waals surface area contributed by atoms with Crippen molar-refractivity contribution in [3.8, 4) is 0 Å². The fourth-order valence-corrected chi connectivity index (χ4v) is 1.03. The van der Waals surface area contributed by atoms with Gasteiger partial charge in [-0.05, 0) is 12.8 Å². The van der Waals surface area contributed by atoms with E-state index in [1.54, 1.807) is 0 Å². The highest BCUT2D eigenvalue weighted by Gasteiger charge is 2.10.